The number of hydrogen-bond acceptors (Lipinski definition) is 5. The highest BCUT2D eigenvalue weighted by molar-refractivity contribution is 9.10. The zero-order valence-electron chi connectivity index (χ0n) is 11.3. The summed E-state index contributed by atoms with van der Waals surface area (Å²) in [4.78, 5) is 23.1. The van der Waals surface area contributed by atoms with Crippen molar-refractivity contribution in [2.75, 3.05) is 20.8 Å². The number of carbonyl (C=O) groups is 2. The van der Waals surface area contributed by atoms with E-state index in [2.05, 4.69) is 31.5 Å². The summed E-state index contributed by atoms with van der Waals surface area (Å²) >= 11 is 3.28. The second kappa shape index (κ2) is 7.59. The van der Waals surface area contributed by atoms with E-state index in [0.717, 1.165) is 0 Å². The fourth-order valence-corrected chi connectivity index (χ4v) is 2.01. The number of rotatable bonds is 4. The maximum absolute atomic E-state index is 12.0. The quantitative estimate of drug-likeness (QED) is 0.812. The van der Waals surface area contributed by atoms with Gasteiger partial charge in [-0.15, -0.1) is 0 Å². The monoisotopic (exact) mass is 346 g/mol. The number of halogens is 1. The molecule has 0 saturated heterocycles. The van der Waals surface area contributed by atoms with Crippen LogP contribution >= 0.6 is 15.9 Å². The molecule has 1 rings (SSSR count). The Balaban J connectivity index is 2.91. The Morgan fingerprint density at radius 1 is 1.20 bits per heavy atom. The summed E-state index contributed by atoms with van der Waals surface area (Å²) < 4.78 is 15.4. The Morgan fingerprint density at radius 3 is 2.45 bits per heavy atom. The van der Waals surface area contributed by atoms with Crippen LogP contribution in [-0.4, -0.2) is 32.8 Å². The zero-order chi connectivity index (χ0) is 15.1. The molecule has 0 aliphatic carbocycles. The molecule has 2 N–H and O–H groups in total. The molecule has 1 aromatic rings. The third-order valence-electron chi connectivity index (χ3n) is 2.26. The molecule has 2 amide bonds. The van der Waals surface area contributed by atoms with Gasteiger partial charge in [0.2, 0.25) is 0 Å². The van der Waals surface area contributed by atoms with Crippen LogP contribution in [-0.2, 0) is 4.74 Å². The molecule has 8 heteroatoms. The fraction of sp³-hybridized carbons (Fsp3) is 0.333. The first-order chi connectivity index (χ1) is 9.53. The van der Waals surface area contributed by atoms with Gasteiger partial charge in [0.25, 0.3) is 5.91 Å². The van der Waals surface area contributed by atoms with Crippen LogP contribution in [0.2, 0.25) is 0 Å². The van der Waals surface area contributed by atoms with Gasteiger partial charge in [-0.25, -0.2) is 10.2 Å². The van der Waals surface area contributed by atoms with Crippen molar-refractivity contribution in [3.63, 3.8) is 0 Å². The molecule has 0 fully saturated rings. The van der Waals surface area contributed by atoms with Gasteiger partial charge in [-0.2, -0.15) is 0 Å². The van der Waals surface area contributed by atoms with Gasteiger partial charge in [0.15, 0.2) is 0 Å². The van der Waals surface area contributed by atoms with E-state index < -0.39 is 12.0 Å². The summed E-state index contributed by atoms with van der Waals surface area (Å²) in [6, 6.07) is 3.15. The number of hydrogen-bond donors (Lipinski definition) is 2. The molecule has 0 aliphatic rings. The van der Waals surface area contributed by atoms with Crippen LogP contribution in [0, 0.1) is 0 Å². The number of carbonyl (C=O) groups excluding carboxylic acids is 2. The Morgan fingerprint density at radius 2 is 1.90 bits per heavy atom. The molecule has 0 aromatic heterocycles. The van der Waals surface area contributed by atoms with E-state index in [1.54, 1.807) is 13.0 Å². The maximum atomic E-state index is 12.0. The predicted molar refractivity (Wildman–Crippen MR) is 74.9 cm³/mol. The van der Waals surface area contributed by atoms with Crippen molar-refractivity contribution in [2.24, 2.45) is 0 Å². The van der Waals surface area contributed by atoms with E-state index in [0.29, 0.717) is 16.0 Å². The summed E-state index contributed by atoms with van der Waals surface area (Å²) in [5, 5.41) is 0. The lowest BCUT2D eigenvalue weighted by atomic mass is 10.2. The molecule has 0 radical (unpaired) electrons. The van der Waals surface area contributed by atoms with Gasteiger partial charge in [-0.1, -0.05) is 0 Å². The van der Waals surface area contributed by atoms with Crippen molar-refractivity contribution in [3.8, 4) is 11.5 Å². The van der Waals surface area contributed by atoms with Crippen LogP contribution in [0.5, 0.6) is 11.5 Å². The highest BCUT2D eigenvalue weighted by Gasteiger charge is 2.17. The molecule has 0 atom stereocenters. The van der Waals surface area contributed by atoms with Gasteiger partial charge in [0.05, 0.1) is 30.9 Å². The van der Waals surface area contributed by atoms with Gasteiger partial charge in [0, 0.05) is 0 Å². The average molecular weight is 347 g/mol. The number of hydrazine groups is 1. The molecule has 0 heterocycles. The number of amides is 2. The minimum atomic E-state index is -0.748. The molecule has 0 bridgehead atoms. The van der Waals surface area contributed by atoms with E-state index in [1.807, 2.05) is 0 Å². The second-order valence-corrected chi connectivity index (χ2v) is 4.34. The molecule has 20 heavy (non-hydrogen) atoms. The standard InChI is InChI=1S/C12H15BrN2O5/c1-4-20-12(17)15-14-11(16)8-5-7(18-2)6-9(13)10(8)19-3/h5-6H,4H2,1-3H3,(H,14,16)(H,15,17). The zero-order valence-corrected chi connectivity index (χ0v) is 12.9. The largest absolute Gasteiger partial charge is 0.497 e. The summed E-state index contributed by atoms with van der Waals surface area (Å²) in [6.45, 7) is 1.86. The van der Waals surface area contributed by atoms with Crippen LogP contribution in [0.4, 0.5) is 4.79 Å². The van der Waals surface area contributed by atoms with Crippen molar-refractivity contribution in [1.82, 2.24) is 10.9 Å². The minimum absolute atomic E-state index is 0.204. The maximum Gasteiger partial charge on any atom is 0.426 e. The molecule has 110 valence electrons. The van der Waals surface area contributed by atoms with E-state index in [1.165, 1.54) is 20.3 Å². The van der Waals surface area contributed by atoms with E-state index >= 15 is 0 Å². The van der Waals surface area contributed by atoms with Crippen LogP contribution < -0.4 is 20.3 Å². The van der Waals surface area contributed by atoms with E-state index in [4.69, 9.17) is 9.47 Å². The summed E-state index contributed by atoms with van der Waals surface area (Å²) in [7, 11) is 2.91. The topological polar surface area (TPSA) is 85.9 Å². The summed E-state index contributed by atoms with van der Waals surface area (Å²) in [5.74, 6) is 0.238. The van der Waals surface area contributed by atoms with E-state index in [9.17, 15) is 9.59 Å². The van der Waals surface area contributed by atoms with Crippen molar-refractivity contribution >= 4 is 27.9 Å². The molecule has 7 nitrogen and oxygen atoms in total. The highest BCUT2D eigenvalue weighted by Crippen LogP contribution is 2.33. The Labute approximate surface area is 124 Å². The molecule has 0 unspecified atom stereocenters. The molecular formula is C12H15BrN2O5. The van der Waals surface area contributed by atoms with Gasteiger partial charge >= 0.3 is 6.09 Å². The molecule has 1 aromatic carbocycles. The normalized spacial score (nSPS) is 9.60. The summed E-state index contributed by atoms with van der Waals surface area (Å²) in [6.07, 6.45) is -0.748. The second-order valence-electron chi connectivity index (χ2n) is 3.49. The van der Waals surface area contributed by atoms with E-state index in [-0.39, 0.29) is 12.2 Å². The lowest BCUT2D eigenvalue weighted by molar-refractivity contribution is 0.0909. The van der Waals surface area contributed by atoms with Crippen molar-refractivity contribution in [3.05, 3.63) is 22.2 Å². The lowest BCUT2D eigenvalue weighted by Crippen LogP contribution is -2.42. The fourth-order valence-electron chi connectivity index (χ4n) is 1.40. The number of benzene rings is 1. The average Bonchev–Trinajstić information content (AvgIpc) is 2.44. The van der Waals surface area contributed by atoms with Crippen molar-refractivity contribution in [1.29, 1.82) is 0 Å². The minimum Gasteiger partial charge on any atom is -0.497 e. The van der Waals surface area contributed by atoms with Gasteiger partial charge < -0.3 is 14.2 Å². The van der Waals surface area contributed by atoms with Crippen LogP contribution in [0.15, 0.2) is 16.6 Å². The third-order valence-corrected chi connectivity index (χ3v) is 2.84. The Kier molecular flexibility index (Phi) is 6.10. The smallest absolute Gasteiger partial charge is 0.426 e. The van der Waals surface area contributed by atoms with Gasteiger partial charge in [-0.3, -0.25) is 10.2 Å². The van der Waals surface area contributed by atoms with Crippen molar-refractivity contribution in [2.45, 2.75) is 6.92 Å². The SMILES string of the molecule is CCOC(=O)NNC(=O)c1cc(OC)cc(Br)c1OC. The number of ether oxygens (including phenoxy) is 3. The Bertz CT molecular complexity index is 507. The molecular weight excluding hydrogens is 332 g/mol. The Hall–Kier alpha value is -1.96. The molecule has 0 spiro atoms. The van der Waals surface area contributed by atoms with Gasteiger partial charge in [-0.05, 0) is 35.0 Å². The van der Waals surface area contributed by atoms with Gasteiger partial charge in [0.1, 0.15) is 11.5 Å². The molecule has 0 saturated carbocycles. The highest BCUT2D eigenvalue weighted by atomic mass is 79.9. The van der Waals surface area contributed by atoms with Crippen LogP contribution in [0.1, 0.15) is 17.3 Å². The summed E-state index contributed by atoms with van der Waals surface area (Å²) in [5.41, 5.74) is 4.54. The van der Waals surface area contributed by atoms with Crippen LogP contribution in [0.25, 0.3) is 0 Å². The first-order valence-electron chi connectivity index (χ1n) is 5.68. The first-order valence-corrected chi connectivity index (χ1v) is 6.47. The first kappa shape index (κ1) is 16.1. The lowest BCUT2D eigenvalue weighted by Gasteiger charge is -2.13. The predicted octanol–water partition coefficient (Wildman–Crippen LogP) is 1.86. The number of nitrogens with one attached hydrogen (secondary N) is 2. The number of methoxy groups -OCH3 is 2. The molecule has 0 aliphatic heterocycles. The van der Waals surface area contributed by atoms with Crippen molar-refractivity contribution < 1.29 is 23.8 Å². The third kappa shape index (κ3) is 4.02. The van der Waals surface area contributed by atoms with Crippen LogP contribution in [0.3, 0.4) is 0 Å².